The summed E-state index contributed by atoms with van der Waals surface area (Å²) >= 11 is 0. The second-order valence-electron chi connectivity index (χ2n) is 19.3. The van der Waals surface area contributed by atoms with Gasteiger partial charge in [-0.3, -0.25) is 0 Å². The molecule has 0 fully saturated rings. The zero-order valence-electron chi connectivity index (χ0n) is 41.2. The van der Waals surface area contributed by atoms with Crippen molar-refractivity contribution in [3.63, 3.8) is 0 Å². The maximum atomic E-state index is 2.39. The molecule has 70 heavy (non-hydrogen) atoms. The Labute approximate surface area is 417 Å². The topological polar surface area (TPSA) is 6.48 Å². The Morgan fingerprint density at radius 1 is 0.371 bits per heavy atom. The van der Waals surface area contributed by atoms with Gasteiger partial charge in [-0.25, -0.2) is 0 Å². The van der Waals surface area contributed by atoms with Crippen LogP contribution in [0.1, 0.15) is 121 Å². The number of nitrogens with zero attached hydrogens (tertiary/aromatic N) is 2. The second kappa shape index (κ2) is 22.3. The van der Waals surface area contributed by atoms with Crippen molar-refractivity contribution in [2.75, 3.05) is 9.80 Å². The van der Waals surface area contributed by atoms with Gasteiger partial charge in [0.1, 0.15) is 0 Å². The summed E-state index contributed by atoms with van der Waals surface area (Å²) in [6.07, 6.45) is 27.7. The van der Waals surface area contributed by atoms with Gasteiger partial charge < -0.3 is 9.80 Å². The van der Waals surface area contributed by atoms with Crippen molar-refractivity contribution in [2.45, 2.75) is 90.9 Å². The normalized spacial score (nSPS) is 14.7. The molecule has 0 bridgehead atoms. The largest absolute Gasteiger partial charge is 0.317 e. The number of anilines is 4. The van der Waals surface area contributed by atoms with Gasteiger partial charge in [0.05, 0.1) is 0 Å². The standard InChI is InChI=1S/C68H66N2/c1-3-5-13-51-29-39-63(40-30-51)69(49-61-19-11-17-57-15-7-9-21-67(57)61)65-43-33-53(34-44-65)23-25-55-27-37-60-48-56(28-38-59(60)47-55)26-24-54-35-45-66(46-36-54)70(64-41-31-52(32-42-64)14-6-4-2)50-62-20-12-18-58-16-8-10-22-68(58)62/h7-10,15-16,21-50H,3-6,11-14,17-20H2,1-2H3. The molecular weight excluding hydrogens is 845 g/mol. The number of rotatable bonds is 16. The van der Waals surface area contributed by atoms with E-state index < -0.39 is 0 Å². The van der Waals surface area contributed by atoms with Gasteiger partial charge in [0, 0.05) is 35.1 Å². The Bertz CT molecular complexity index is 2930. The quantitative estimate of drug-likeness (QED) is 0.0892. The minimum absolute atomic E-state index is 1.09. The van der Waals surface area contributed by atoms with E-state index in [2.05, 4.69) is 242 Å². The molecule has 0 heterocycles. The van der Waals surface area contributed by atoms with Crippen LogP contribution in [0, 0.1) is 0 Å². The zero-order valence-corrected chi connectivity index (χ0v) is 41.2. The number of unbranched alkanes of at least 4 members (excludes halogenated alkanes) is 2. The van der Waals surface area contributed by atoms with E-state index in [0.29, 0.717) is 0 Å². The average Bonchev–Trinajstić information content (AvgIpc) is 3.42. The van der Waals surface area contributed by atoms with Crippen LogP contribution in [0.4, 0.5) is 22.7 Å². The van der Waals surface area contributed by atoms with E-state index in [1.807, 2.05) is 0 Å². The molecule has 8 aromatic rings. The van der Waals surface area contributed by atoms with Gasteiger partial charge in [-0.2, -0.15) is 0 Å². The lowest BCUT2D eigenvalue weighted by molar-refractivity contribution is 0.795. The molecule has 0 unspecified atom stereocenters. The van der Waals surface area contributed by atoms with Gasteiger partial charge >= 0.3 is 0 Å². The highest BCUT2D eigenvalue weighted by molar-refractivity contribution is 5.89. The molecule has 348 valence electrons. The van der Waals surface area contributed by atoms with Crippen molar-refractivity contribution in [2.24, 2.45) is 0 Å². The van der Waals surface area contributed by atoms with Crippen LogP contribution in [0.15, 0.2) is 194 Å². The molecule has 0 radical (unpaired) electrons. The van der Waals surface area contributed by atoms with Gasteiger partial charge in [-0.15, -0.1) is 0 Å². The number of fused-ring (bicyclic) bond motifs is 3. The minimum atomic E-state index is 1.09. The van der Waals surface area contributed by atoms with Crippen molar-refractivity contribution < 1.29 is 0 Å². The molecule has 0 spiro atoms. The van der Waals surface area contributed by atoms with E-state index in [-0.39, 0.29) is 0 Å². The van der Waals surface area contributed by atoms with Crippen molar-refractivity contribution in [3.05, 3.63) is 250 Å². The molecule has 10 rings (SSSR count). The van der Waals surface area contributed by atoms with Crippen molar-refractivity contribution in [1.82, 2.24) is 0 Å². The predicted octanol–water partition coefficient (Wildman–Crippen LogP) is 18.9. The summed E-state index contributed by atoms with van der Waals surface area (Å²) in [5.74, 6) is 0. The molecule has 0 amide bonds. The number of allylic oxidation sites excluding steroid dienone is 2. The summed E-state index contributed by atoms with van der Waals surface area (Å²) in [7, 11) is 0. The summed E-state index contributed by atoms with van der Waals surface area (Å²) in [6.45, 7) is 4.52. The van der Waals surface area contributed by atoms with Crippen molar-refractivity contribution in [1.29, 1.82) is 0 Å². The van der Waals surface area contributed by atoms with E-state index in [9.17, 15) is 0 Å². The van der Waals surface area contributed by atoms with Crippen molar-refractivity contribution in [3.8, 4) is 0 Å². The monoisotopic (exact) mass is 911 g/mol. The Hall–Kier alpha value is -7.42. The highest BCUT2D eigenvalue weighted by Gasteiger charge is 2.18. The minimum Gasteiger partial charge on any atom is -0.317 e. The molecule has 0 saturated heterocycles. The molecule has 2 aliphatic carbocycles. The predicted molar refractivity (Wildman–Crippen MR) is 304 cm³/mol. The van der Waals surface area contributed by atoms with Crippen LogP contribution < -0.4 is 9.80 Å². The lowest BCUT2D eigenvalue weighted by Gasteiger charge is -2.26. The van der Waals surface area contributed by atoms with E-state index >= 15 is 0 Å². The van der Waals surface area contributed by atoms with Crippen LogP contribution in [0.25, 0.3) is 46.2 Å². The number of hydrogen-bond acceptors (Lipinski definition) is 2. The summed E-state index contributed by atoms with van der Waals surface area (Å²) in [6, 6.07) is 67.8. The van der Waals surface area contributed by atoms with Crippen LogP contribution in [-0.2, 0) is 25.7 Å². The molecule has 2 nitrogen and oxygen atoms in total. The summed E-state index contributed by atoms with van der Waals surface area (Å²) in [5, 5.41) is 2.47. The van der Waals surface area contributed by atoms with E-state index in [1.165, 1.54) is 139 Å². The Morgan fingerprint density at radius 3 is 1.13 bits per heavy atom. The first-order valence-electron chi connectivity index (χ1n) is 26.0. The fourth-order valence-electron chi connectivity index (χ4n) is 10.3. The molecular formula is C68H66N2. The zero-order chi connectivity index (χ0) is 47.5. The van der Waals surface area contributed by atoms with E-state index in [0.717, 1.165) is 38.5 Å². The Balaban J connectivity index is 0.831. The van der Waals surface area contributed by atoms with Crippen LogP contribution in [0.2, 0.25) is 0 Å². The Kier molecular flexibility index (Phi) is 14.8. The molecule has 8 aromatic carbocycles. The molecule has 0 saturated carbocycles. The first kappa shape index (κ1) is 46.3. The molecule has 0 aromatic heterocycles. The summed E-state index contributed by atoms with van der Waals surface area (Å²) in [4.78, 5) is 4.77. The van der Waals surface area contributed by atoms with Gasteiger partial charge in [0.25, 0.3) is 0 Å². The maximum absolute atomic E-state index is 2.39. The van der Waals surface area contributed by atoms with Crippen LogP contribution in [0.5, 0.6) is 0 Å². The van der Waals surface area contributed by atoms with E-state index in [1.54, 1.807) is 0 Å². The van der Waals surface area contributed by atoms with Crippen LogP contribution in [-0.4, -0.2) is 0 Å². The van der Waals surface area contributed by atoms with Gasteiger partial charge in [-0.1, -0.05) is 172 Å². The fraction of sp³-hybridized carbons (Fsp3) is 0.206. The molecule has 0 aliphatic heterocycles. The second-order valence-corrected chi connectivity index (χ2v) is 19.3. The first-order valence-corrected chi connectivity index (χ1v) is 26.0. The SMILES string of the molecule is CCCCc1ccc(N(C=C2CCCc3ccccc32)c2ccc(C=Cc3ccc4cc(C=Cc5ccc(N(C=C6CCCc7ccccc76)c6ccc(CCCC)cc6)cc5)ccc4c3)cc2)cc1. The number of hydrogen-bond donors (Lipinski definition) is 0. The van der Waals surface area contributed by atoms with Crippen molar-refractivity contribution >= 4 is 69.0 Å². The number of aryl methyl sites for hydroxylation is 4. The summed E-state index contributed by atoms with van der Waals surface area (Å²) < 4.78 is 0. The Morgan fingerprint density at radius 2 is 0.729 bits per heavy atom. The summed E-state index contributed by atoms with van der Waals surface area (Å²) in [5.41, 5.74) is 20.8. The van der Waals surface area contributed by atoms with E-state index in [4.69, 9.17) is 0 Å². The van der Waals surface area contributed by atoms with Gasteiger partial charge in [0.15, 0.2) is 0 Å². The smallest absolute Gasteiger partial charge is 0.0456 e. The molecule has 0 atom stereocenters. The number of benzene rings is 8. The lowest BCUT2D eigenvalue weighted by atomic mass is 9.88. The van der Waals surface area contributed by atoms with Gasteiger partial charge in [-0.05, 0) is 202 Å². The third kappa shape index (κ3) is 11.2. The lowest BCUT2D eigenvalue weighted by Crippen LogP contribution is -2.12. The van der Waals surface area contributed by atoms with Crippen LogP contribution >= 0.6 is 0 Å². The first-order chi connectivity index (χ1) is 34.6. The maximum Gasteiger partial charge on any atom is 0.0456 e. The average molecular weight is 911 g/mol. The van der Waals surface area contributed by atoms with Crippen LogP contribution in [0.3, 0.4) is 0 Å². The highest BCUT2D eigenvalue weighted by Crippen LogP contribution is 2.37. The molecule has 2 heteroatoms. The third-order valence-corrected chi connectivity index (χ3v) is 14.3. The molecule has 0 N–H and O–H groups in total. The highest BCUT2D eigenvalue weighted by atomic mass is 15.1. The molecule has 2 aliphatic rings. The third-order valence-electron chi connectivity index (χ3n) is 14.3. The fourth-order valence-corrected chi connectivity index (χ4v) is 10.3. The van der Waals surface area contributed by atoms with Gasteiger partial charge in [0.2, 0.25) is 0 Å².